The molecule has 1 amide bonds. The van der Waals surface area contributed by atoms with Crippen molar-refractivity contribution in [1.29, 1.82) is 0 Å². The van der Waals surface area contributed by atoms with Crippen molar-refractivity contribution in [2.24, 2.45) is 5.92 Å². The summed E-state index contributed by atoms with van der Waals surface area (Å²) >= 11 is 0. The third-order valence-electron chi connectivity index (χ3n) is 7.15. The van der Waals surface area contributed by atoms with Crippen molar-refractivity contribution in [2.45, 2.75) is 150 Å². The van der Waals surface area contributed by atoms with Crippen molar-refractivity contribution in [1.82, 2.24) is 20.9 Å². The van der Waals surface area contributed by atoms with Gasteiger partial charge in [-0.1, -0.05) is 125 Å². The van der Waals surface area contributed by atoms with E-state index < -0.39 is 6.17 Å². The monoisotopic (exact) mass is 573 g/mol. The molecule has 0 spiro atoms. The highest BCUT2D eigenvalue weighted by Gasteiger charge is 2.25. The van der Waals surface area contributed by atoms with E-state index in [1.807, 2.05) is 39.8 Å². The Bertz CT molecular complexity index is 500. The number of likely N-dealkylation sites (tertiary alicyclic amines) is 1. The number of halogens is 1. The number of nitrogens with one attached hydrogen (secondary N) is 3. The van der Waals surface area contributed by atoms with Crippen molar-refractivity contribution in [3.8, 4) is 0 Å². The molecule has 1 heterocycles. The van der Waals surface area contributed by atoms with Crippen LogP contribution in [-0.2, 0) is 4.79 Å². The second-order valence-corrected chi connectivity index (χ2v) is 11.0. The van der Waals surface area contributed by atoms with Crippen molar-refractivity contribution < 1.29 is 9.18 Å². The predicted molar refractivity (Wildman–Crippen MR) is 178 cm³/mol. The predicted octanol–water partition coefficient (Wildman–Crippen LogP) is 8.30. The van der Waals surface area contributed by atoms with Crippen molar-refractivity contribution in [3.05, 3.63) is 12.7 Å². The Morgan fingerprint density at radius 1 is 0.925 bits per heavy atom. The van der Waals surface area contributed by atoms with E-state index in [4.69, 9.17) is 0 Å². The van der Waals surface area contributed by atoms with Crippen molar-refractivity contribution >= 4 is 5.91 Å². The number of rotatable bonds is 20. The second-order valence-electron chi connectivity index (χ2n) is 11.0. The summed E-state index contributed by atoms with van der Waals surface area (Å²) in [6, 6.07) is 0.0798. The number of carbonyl (C=O) groups is 1. The van der Waals surface area contributed by atoms with Crippen LogP contribution in [0.2, 0.25) is 0 Å². The maximum atomic E-state index is 13.0. The zero-order chi connectivity index (χ0) is 30.9. The maximum Gasteiger partial charge on any atom is 0.223 e. The van der Waals surface area contributed by atoms with E-state index in [0.717, 1.165) is 32.5 Å². The molecule has 40 heavy (non-hydrogen) atoms. The zero-order valence-electron chi connectivity index (χ0n) is 28.4. The normalized spacial score (nSPS) is 17.2. The summed E-state index contributed by atoms with van der Waals surface area (Å²) in [6.45, 7) is 20.5. The van der Waals surface area contributed by atoms with Crippen LogP contribution in [0.15, 0.2) is 12.7 Å². The van der Waals surface area contributed by atoms with E-state index in [9.17, 15) is 9.18 Å². The van der Waals surface area contributed by atoms with E-state index in [2.05, 4.69) is 43.3 Å². The fourth-order valence-electron chi connectivity index (χ4n) is 4.36. The largest absolute Gasteiger partial charge is 0.352 e. The third-order valence-corrected chi connectivity index (χ3v) is 7.15. The molecule has 1 rings (SSSR count). The standard InChI is InChI=1S/C16H32N2O.C9H20.C7H15FN2.C2H6/c1-4-6-7-8-9-10-13-17-14-11-15(3)16(19)18-12-5-2;1-3-5-7-9-8-6-4-2;1-9-7-3-4-10(2)5-6(7)8;1-2/h5,15,17H,2,4,6-14H2,1,3H3,(H,18,19);3-9H2,1-2H3;6-7,9H,3-5H2,1-2H3;1-2H3. The van der Waals surface area contributed by atoms with Crippen LogP contribution < -0.4 is 16.0 Å². The Hall–Kier alpha value is -0.980. The van der Waals surface area contributed by atoms with Gasteiger partial charge in [0.15, 0.2) is 0 Å². The van der Waals surface area contributed by atoms with Crippen LogP contribution >= 0.6 is 0 Å². The summed E-state index contributed by atoms with van der Waals surface area (Å²) < 4.78 is 13.0. The van der Waals surface area contributed by atoms with Gasteiger partial charge in [0.2, 0.25) is 5.91 Å². The molecule has 242 valence electrons. The van der Waals surface area contributed by atoms with Gasteiger partial charge in [-0.25, -0.2) is 4.39 Å². The average Bonchev–Trinajstić information content (AvgIpc) is 2.96. The molecule has 1 saturated heterocycles. The topological polar surface area (TPSA) is 56.4 Å². The molecule has 3 N–H and O–H groups in total. The highest BCUT2D eigenvalue weighted by Crippen LogP contribution is 2.11. The van der Waals surface area contributed by atoms with Crippen LogP contribution in [0.4, 0.5) is 4.39 Å². The van der Waals surface area contributed by atoms with E-state index in [1.165, 1.54) is 83.5 Å². The number of amides is 1. The fourth-order valence-corrected chi connectivity index (χ4v) is 4.36. The lowest BCUT2D eigenvalue weighted by molar-refractivity contribution is -0.124. The fraction of sp³-hybridized carbons (Fsp3) is 0.912. The van der Waals surface area contributed by atoms with E-state index in [0.29, 0.717) is 13.1 Å². The summed E-state index contributed by atoms with van der Waals surface area (Å²) in [5, 5.41) is 9.22. The van der Waals surface area contributed by atoms with Gasteiger partial charge >= 0.3 is 0 Å². The summed E-state index contributed by atoms with van der Waals surface area (Å²) in [5.74, 6) is 0.207. The second kappa shape index (κ2) is 36.0. The lowest BCUT2D eigenvalue weighted by Crippen LogP contribution is -2.48. The molecule has 0 saturated carbocycles. The summed E-state index contributed by atoms with van der Waals surface area (Å²) in [6.07, 6.45) is 20.8. The first-order valence-corrected chi connectivity index (χ1v) is 17.0. The van der Waals surface area contributed by atoms with Crippen LogP contribution in [0.25, 0.3) is 0 Å². The van der Waals surface area contributed by atoms with E-state index >= 15 is 0 Å². The Morgan fingerprint density at radius 2 is 1.43 bits per heavy atom. The summed E-state index contributed by atoms with van der Waals surface area (Å²) in [7, 11) is 3.78. The molecule has 1 fully saturated rings. The maximum absolute atomic E-state index is 13.0. The smallest absolute Gasteiger partial charge is 0.223 e. The molecule has 1 aliphatic rings. The van der Waals surface area contributed by atoms with E-state index in [1.54, 1.807) is 6.08 Å². The lowest BCUT2D eigenvalue weighted by atomic mass is 10.0. The minimum atomic E-state index is -0.691. The first kappa shape index (κ1) is 43.5. The first-order chi connectivity index (χ1) is 19.4. The van der Waals surface area contributed by atoms with Gasteiger partial charge in [-0.3, -0.25) is 4.79 Å². The van der Waals surface area contributed by atoms with Crippen LogP contribution in [0.1, 0.15) is 138 Å². The van der Waals surface area contributed by atoms with E-state index in [-0.39, 0.29) is 17.9 Å². The molecule has 5 nitrogen and oxygen atoms in total. The molecule has 0 aromatic heterocycles. The van der Waals surface area contributed by atoms with Gasteiger partial charge in [-0.2, -0.15) is 0 Å². The average molecular weight is 573 g/mol. The molecule has 0 bridgehead atoms. The third kappa shape index (κ3) is 31.5. The van der Waals surface area contributed by atoms with Gasteiger partial charge in [0.05, 0.1) is 0 Å². The molecule has 3 atom stereocenters. The molecular weight excluding hydrogens is 499 g/mol. The van der Waals surface area contributed by atoms with Gasteiger partial charge in [-0.15, -0.1) is 6.58 Å². The zero-order valence-corrected chi connectivity index (χ0v) is 28.4. The van der Waals surface area contributed by atoms with Gasteiger partial charge < -0.3 is 20.9 Å². The molecule has 3 unspecified atom stereocenters. The van der Waals surface area contributed by atoms with Crippen LogP contribution in [0.3, 0.4) is 0 Å². The minimum Gasteiger partial charge on any atom is -0.352 e. The quantitative estimate of drug-likeness (QED) is 0.101. The summed E-state index contributed by atoms with van der Waals surface area (Å²) in [5.41, 5.74) is 0. The highest BCUT2D eigenvalue weighted by atomic mass is 19.1. The number of carbonyl (C=O) groups excluding carboxylic acids is 1. The SMILES string of the molecule is C=CCNC(=O)C(C)CCNCCCCCCCC.CC.CCCCCCCCC.CNC1CCN(C)CC1F. The molecule has 1 aliphatic heterocycles. The molecule has 0 aliphatic carbocycles. The minimum absolute atomic E-state index is 0.0798. The lowest BCUT2D eigenvalue weighted by Gasteiger charge is -2.31. The van der Waals surface area contributed by atoms with Crippen LogP contribution in [-0.4, -0.2) is 69.8 Å². The number of hydrogen-bond acceptors (Lipinski definition) is 4. The number of alkyl halides is 1. The Balaban J connectivity index is -0.000000546. The Morgan fingerprint density at radius 3 is 1.88 bits per heavy atom. The highest BCUT2D eigenvalue weighted by molar-refractivity contribution is 5.78. The number of hydrogen-bond donors (Lipinski definition) is 3. The summed E-state index contributed by atoms with van der Waals surface area (Å²) in [4.78, 5) is 13.6. The number of piperidine rings is 1. The first-order valence-electron chi connectivity index (χ1n) is 17.0. The van der Waals surface area contributed by atoms with Gasteiger partial charge in [0.25, 0.3) is 0 Å². The van der Waals surface area contributed by atoms with Crippen molar-refractivity contribution in [2.75, 3.05) is 46.8 Å². The van der Waals surface area contributed by atoms with Crippen LogP contribution in [0.5, 0.6) is 0 Å². The van der Waals surface area contributed by atoms with Gasteiger partial charge in [-0.05, 0) is 53.0 Å². The van der Waals surface area contributed by atoms with Gasteiger partial charge in [0, 0.05) is 25.0 Å². The van der Waals surface area contributed by atoms with Crippen molar-refractivity contribution in [3.63, 3.8) is 0 Å². The molecule has 0 radical (unpaired) electrons. The molecular formula is C34H73FN4O. The molecule has 0 aromatic rings. The Labute approximate surface area is 251 Å². The van der Waals surface area contributed by atoms with Gasteiger partial charge in [0.1, 0.15) is 6.17 Å². The number of nitrogens with zero attached hydrogens (tertiary/aromatic N) is 1. The molecule has 0 aromatic carbocycles. The van der Waals surface area contributed by atoms with Crippen LogP contribution in [0, 0.1) is 5.92 Å². The Kier molecular flexibility index (Phi) is 39.2. The number of unbranched alkanes of at least 4 members (excludes halogenated alkanes) is 11. The molecule has 6 heteroatoms.